The Hall–Kier alpha value is -1.37. The van der Waals surface area contributed by atoms with Crippen LogP contribution in [0.15, 0.2) is 24.3 Å². The zero-order valence-corrected chi connectivity index (χ0v) is 12.5. The molecule has 1 aromatic rings. The number of benzene rings is 1. The van der Waals surface area contributed by atoms with Crippen molar-refractivity contribution in [2.24, 2.45) is 5.41 Å². The van der Waals surface area contributed by atoms with Crippen LogP contribution in [0.1, 0.15) is 37.8 Å². The molecule has 0 fully saturated rings. The smallest absolute Gasteiger partial charge is 0.0876 e. The third-order valence-electron chi connectivity index (χ3n) is 4.56. The van der Waals surface area contributed by atoms with E-state index in [9.17, 15) is 10.4 Å². The monoisotopic (exact) mass is 273 g/mol. The number of hydrogen-bond acceptors (Lipinski definition) is 3. The summed E-state index contributed by atoms with van der Waals surface area (Å²) >= 11 is 0. The molecular weight excluding hydrogens is 250 g/mol. The van der Waals surface area contributed by atoms with E-state index in [0.29, 0.717) is 19.3 Å². The maximum absolute atomic E-state index is 10.6. The van der Waals surface area contributed by atoms with Crippen LogP contribution in [0, 0.1) is 16.7 Å². The number of aliphatic hydroxyl groups is 1. The third kappa shape index (κ3) is 2.87. The minimum Gasteiger partial charge on any atom is -0.391 e. The molecule has 3 nitrogen and oxygen atoms in total. The topological polar surface area (TPSA) is 53.2 Å². The van der Waals surface area contributed by atoms with Crippen LogP contribution in [0.3, 0.4) is 0 Å². The molecule has 2 atom stereocenters. The first-order valence-corrected chi connectivity index (χ1v) is 7.14. The second-order valence-corrected chi connectivity index (χ2v) is 6.40. The van der Waals surface area contributed by atoms with Gasteiger partial charge in [-0.2, -0.15) is 5.26 Å². The van der Waals surface area contributed by atoms with E-state index >= 15 is 0 Å². The Morgan fingerprint density at radius 1 is 1.40 bits per heavy atom. The zero-order chi connectivity index (χ0) is 14.8. The van der Waals surface area contributed by atoms with Crippen LogP contribution in [0.2, 0.25) is 0 Å². The summed E-state index contributed by atoms with van der Waals surface area (Å²) in [6.45, 7) is 3.89. The van der Waals surface area contributed by atoms with Crippen molar-refractivity contribution in [1.29, 1.82) is 5.26 Å². The van der Waals surface area contributed by atoms with Gasteiger partial charge in [-0.15, -0.1) is 0 Å². The maximum atomic E-state index is 10.6. The number of methoxy groups -OCH3 is 1. The van der Waals surface area contributed by atoms with Gasteiger partial charge in [-0.25, -0.2) is 0 Å². The highest BCUT2D eigenvalue weighted by Crippen LogP contribution is 2.40. The first-order valence-electron chi connectivity index (χ1n) is 7.14. The fourth-order valence-corrected chi connectivity index (χ4v) is 2.96. The van der Waals surface area contributed by atoms with Gasteiger partial charge in [0.2, 0.25) is 0 Å². The molecule has 20 heavy (non-hydrogen) atoms. The fraction of sp³-hybridized carbons (Fsp3) is 0.588. The van der Waals surface area contributed by atoms with Crippen molar-refractivity contribution in [1.82, 2.24) is 0 Å². The molecule has 2 rings (SSSR count). The lowest BCUT2D eigenvalue weighted by molar-refractivity contribution is -0.0507. The molecule has 0 spiro atoms. The Balaban J connectivity index is 2.22. The second-order valence-electron chi connectivity index (χ2n) is 6.40. The quantitative estimate of drug-likeness (QED) is 0.917. The van der Waals surface area contributed by atoms with Gasteiger partial charge in [0.1, 0.15) is 0 Å². The summed E-state index contributed by atoms with van der Waals surface area (Å²) in [6, 6.07) is 10.6. The van der Waals surface area contributed by atoms with Crippen LogP contribution in [-0.2, 0) is 17.6 Å². The normalized spacial score (nSPS) is 23.8. The van der Waals surface area contributed by atoms with Crippen molar-refractivity contribution in [3.8, 4) is 6.07 Å². The Bertz CT molecular complexity index is 518. The first-order chi connectivity index (χ1) is 9.42. The molecule has 108 valence electrons. The Morgan fingerprint density at radius 3 is 2.65 bits per heavy atom. The summed E-state index contributed by atoms with van der Waals surface area (Å²) in [7, 11) is 1.64. The largest absolute Gasteiger partial charge is 0.391 e. The van der Waals surface area contributed by atoms with Crippen molar-refractivity contribution in [2.45, 2.75) is 51.2 Å². The number of fused-ring (bicyclic) bond motifs is 1. The number of aliphatic hydroxyl groups excluding tert-OH is 1. The van der Waals surface area contributed by atoms with Crippen molar-refractivity contribution in [2.75, 3.05) is 7.11 Å². The van der Waals surface area contributed by atoms with E-state index in [-0.39, 0.29) is 0 Å². The summed E-state index contributed by atoms with van der Waals surface area (Å²) < 4.78 is 5.39. The lowest BCUT2D eigenvalue weighted by atomic mass is 9.67. The molecule has 0 heterocycles. The molecule has 1 N–H and O–H groups in total. The van der Waals surface area contributed by atoms with Crippen LogP contribution in [0.4, 0.5) is 0 Å². The molecule has 0 aromatic heterocycles. The van der Waals surface area contributed by atoms with Gasteiger partial charge in [0.05, 0.1) is 23.2 Å². The molecule has 1 aliphatic rings. The predicted octanol–water partition coefficient (Wildman–Crippen LogP) is 2.86. The molecule has 0 saturated carbocycles. The standard InChI is InChI=1S/C17H23NO2/c1-16(2,20-3)11-15(19)17(12-18)9-8-13-6-4-5-7-14(13)10-17/h4-7,15,19H,8-11H2,1-3H3. The van der Waals surface area contributed by atoms with E-state index in [1.54, 1.807) is 7.11 Å². The number of rotatable bonds is 4. The second kappa shape index (κ2) is 5.55. The van der Waals surface area contributed by atoms with Gasteiger partial charge in [0.25, 0.3) is 0 Å². The molecule has 2 unspecified atom stereocenters. The van der Waals surface area contributed by atoms with E-state index in [1.165, 1.54) is 11.1 Å². The minimum absolute atomic E-state index is 0.416. The lowest BCUT2D eigenvalue weighted by Gasteiger charge is -2.39. The van der Waals surface area contributed by atoms with Crippen LogP contribution in [-0.4, -0.2) is 23.9 Å². The molecular formula is C17H23NO2. The van der Waals surface area contributed by atoms with Gasteiger partial charge >= 0.3 is 0 Å². The summed E-state index contributed by atoms with van der Waals surface area (Å²) in [5, 5.41) is 20.3. The van der Waals surface area contributed by atoms with Gasteiger partial charge in [-0.05, 0) is 44.2 Å². The molecule has 0 bridgehead atoms. The molecule has 0 aliphatic heterocycles. The summed E-state index contributed by atoms with van der Waals surface area (Å²) in [4.78, 5) is 0. The van der Waals surface area contributed by atoms with Gasteiger partial charge in [-0.3, -0.25) is 0 Å². The van der Waals surface area contributed by atoms with E-state index in [2.05, 4.69) is 18.2 Å². The highest BCUT2D eigenvalue weighted by molar-refractivity contribution is 5.33. The molecule has 1 aromatic carbocycles. The predicted molar refractivity (Wildman–Crippen MR) is 78.2 cm³/mol. The van der Waals surface area contributed by atoms with Gasteiger partial charge in [0.15, 0.2) is 0 Å². The van der Waals surface area contributed by atoms with Crippen molar-refractivity contribution < 1.29 is 9.84 Å². The van der Waals surface area contributed by atoms with E-state index in [1.807, 2.05) is 26.0 Å². The molecule has 0 radical (unpaired) electrons. The highest BCUT2D eigenvalue weighted by atomic mass is 16.5. The van der Waals surface area contributed by atoms with Gasteiger partial charge in [0, 0.05) is 13.5 Å². The Labute approximate surface area is 121 Å². The van der Waals surface area contributed by atoms with Crippen molar-refractivity contribution >= 4 is 0 Å². The zero-order valence-electron chi connectivity index (χ0n) is 12.5. The number of nitrogens with zero attached hydrogens (tertiary/aromatic N) is 1. The third-order valence-corrected chi connectivity index (χ3v) is 4.56. The molecule has 0 saturated heterocycles. The molecule has 1 aliphatic carbocycles. The van der Waals surface area contributed by atoms with E-state index < -0.39 is 17.1 Å². The van der Waals surface area contributed by atoms with Gasteiger partial charge < -0.3 is 9.84 Å². The van der Waals surface area contributed by atoms with Crippen LogP contribution in [0.5, 0.6) is 0 Å². The van der Waals surface area contributed by atoms with Crippen LogP contribution in [0.25, 0.3) is 0 Å². The summed E-state index contributed by atoms with van der Waals surface area (Å²) in [6.07, 6.45) is 1.99. The lowest BCUT2D eigenvalue weighted by Crippen LogP contribution is -2.43. The maximum Gasteiger partial charge on any atom is 0.0876 e. The highest BCUT2D eigenvalue weighted by Gasteiger charge is 2.43. The fourth-order valence-electron chi connectivity index (χ4n) is 2.96. The Kier molecular flexibility index (Phi) is 4.17. The number of aryl methyl sites for hydroxylation is 1. The Morgan fingerprint density at radius 2 is 2.05 bits per heavy atom. The average Bonchev–Trinajstić information content (AvgIpc) is 2.46. The number of nitriles is 1. The molecule has 3 heteroatoms. The summed E-state index contributed by atoms with van der Waals surface area (Å²) in [5.74, 6) is 0. The first kappa shape index (κ1) is 15.0. The minimum atomic E-state index is -0.690. The summed E-state index contributed by atoms with van der Waals surface area (Å²) in [5.41, 5.74) is 1.39. The SMILES string of the molecule is COC(C)(C)CC(O)C1(C#N)CCc2ccccc2C1. The van der Waals surface area contributed by atoms with Crippen LogP contribution >= 0.6 is 0 Å². The van der Waals surface area contributed by atoms with Crippen LogP contribution < -0.4 is 0 Å². The average molecular weight is 273 g/mol. The molecule has 0 amide bonds. The number of hydrogen-bond donors (Lipinski definition) is 1. The number of ether oxygens (including phenoxy) is 1. The van der Waals surface area contributed by atoms with Gasteiger partial charge in [-0.1, -0.05) is 24.3 Å². The van der Waals surface area contributed by atoms with Crippen molar-refractivity contribution in [3.05, 3.63) is 35.4 Å². The van der Waals surface area contributed by atoms with E-state index in [4.69, 9.17) is 4.74 Å². The van der Waals surface area contributed by atoms with E-state index in [0.717, 1.165) is 6.42 Å². The van der Waals surface area contributed by atoms with Crippen molar-refractivity contribution in [3.63, 3.8) is 0 Å².